The molecular formula is C16H22ClN3O5S. The Morgan fingerprint density at radius 2 is 1.92 bits per heavy atom. The Morgan fingerprint density at radius 3 is 2.50 bits per heavy atom. The largest absolute Gasteiger partial charge is 0.473 e. The first-order valence-corrected chi connectivity index (χ1v) is 10.7. The molecule has 1 amide bonds. The Balaban J connectivity index is 1.62. The van der Waals surface area contributed by atoms with Crippen molar-refractivity contribution in [2.75, 3.05) is 45.6 Å². The van der Waals surface area contributed by atoms with Gasteiger partial charge in [0.25, 0.3) is 5.91 Å². The van der Waals surface area contributed by atoms with Crippen molar-refractivity contribution in [3.63, 3.8) is 0 Å². The van der Waals surface area contributed by atoms with E-state index in [9.17, 15) is 13.2 Å². The fourth-order valence-electron chi connectivity index (χ4n) is 2.99. The number of aromatic nitrogens is 1. The molecule has 0 bridgehead atoms. The van der Waals surface area contributed by atoms with Crippen LogP contribution < -0.4 is 4.74 Å². The molecule has 0 saturated carbocycles. The SMILES string of the molecule is CS(=O)(=O)N1CCN(C(=O)c2cnc(OC3CCOCC3)c(Cl)c2)CC1. The third kappa shape index (κ3) is 4.64. The molecule has 3 rings (SSSR count). The molecule has 1 aromatic heterocycles. The lowest BCUT2D eigenvalue weighted by Gasteiger charge is -2.33. The van der Waals surface area contributed by atoms with E-state index < -0.39 is 10.0 Å². The van der Waals surface area contributed by atoms with Crippen LogP contribution in [-0.2, 0) is 14.8 Å². The molecule has 0 radical (unpaired) electrons. The van der Waals surface area contributed by atoms with Gasteiger partial charge in [-0.2, -0.15) is 4.31 Å². The molecule has 10 heteroatoms. The van der Waals surface area contributed by atoms with Crippen molar-refractivity contribution in [3.05, 3.63) is 22.8 Å². The minimum Gasteiger partial charge on any atom is -0.473 e. The number of nitrogens with zero attached hydrogens (tertiary/aromatic N) is 3. The highest BCUT2D eigenvalue weighted by Crippen LogP contribution is 2.26. The lowest BCUT2D eigenvalue weighted by Crippen LogP contribution is -2.50. The fourth-order valence-corrected chi connectivity index (χ4v) is 4.02. The van der Waals surface area contributed by atoms with Crippen molar-refractivity contribution in [2.24, 2.45) is 0 Å². The van der Waals surface area contributed by atoms with E-state index in [-0.39, 0.29) is 30.1 Å². The number of carbonyl (C=O) groups excluding carboxylic acids is 1. The van der Waals surface area contributed by atoms with E-state index in [1.54, 1.807) is 11.0 Å². The van der Waals surface area contributed by atoms with E-state index in [1.807, 2.05) is 0 Å². The van der Waals surface area contributed by atoms with Gasteiger partial charge in [-0.3, -0.25) is 4.79 Å². The summed E-state index contributed by atoms with van der Waals surface area (Å²) in [6, 6.07) is 1.55. The van der Waals surface area contributed by atoms with Gasteiger partial charge in [-0.05, 0) is 6.07 Å². The predicted molar refractivity (Wildman–Crippen MR) is 96.0 cm³/mol. The Bertz CT molecular complexity index is 759. The zero-order valence-electron chi connectivity index (χ0n) is 14.6. The van der Waals surface area contributed by atoms with Gasteiger partial charge < -0.3 is 14.4 Å². The monoisotopic (exact) mass is 403 g/mol. The number of halogens is 1. The summed E-state index contributed by atoms with van der Waals surface area (Å²) in [5.74, 6) is 0.0992. The van der Waals surface area contributed by atoms with Crippen LogP contribution in [-0.4, -0.2) is 80.3 Å². The lowest BCUT2D eigenvalue weighted by atomic mass is 10.1. The van der Waals surface area contributed by atoms with Gasteiger partial charge in [-0.15, -0.1) is 0 Å². The third-order valence-electron chi connectivity index (χ3n) is 4.50. The number of hydrogen-bond acceptors (Lipinski definition) is 6. The summed E-state index contributed by atoms with van der Waals surface area (Å²) < 4.78 is 35.6. The maximum absolute atomic E-state index is 12.6. The first-order valence-electron chi connectivity index (χ1n) is 8.49. The maximum atomic E-state index is 12.6. The molecule has 0 unspecified atom stereocenters. The molecule has 26 heavy (non-hydrogen) atoms. The Hall–Kier alpha value is -1.42. The second kappa shape index (κ2) is 8.08. The van der Waals surface area contributed by atoms with Crippen LogP contribution in [0, 0.1) is 0 Å². The van der Waals surface area contributed by atoms with Gasteiger partial charge in [-0.25, -0.2) is 13.4 Å². The summed E-state index contributed by atoms with van der Waals surface area (Å²) in [6.07, 6.45) is 4.20. The Kier molecular flexibility index (Phi) is 6.01. The summed E-state index contributed by atoms with van der Waals surface area (Å²) in [6.45, 7) is 2.55. The van der Waals surface area contributed by atoms with E-state index in [0.717, 1.165) is 12.8 Å². The summed E-state index contributed by atoms with van der Waals surface area (Å²) in [5.41, 5.74) is 0.363. The van der Waals surface area contributed by atoms with E-state index in [1.165, 1.54) is 16.8 Å². The Morgan fingerprint density at radius 1 is 1.27 bits per heavy atom. The minimum atomic E-state index is -3.23. The Labute approximate surface area is 158 Å². The van der Waals surface area contributed by atoms with Crippen molar-refractivity contribution in [1.82, 2.24) is 14.2 Å². The van der Waals surface area contributed by atoms with Crippen LogP contribution in [0.1, 0.15) is 23.2 Å². The van der Waals surface area contributed by atoms with Crippen LogP contribution in [0.3, 0.4) is 0 Å². The average molecular weight is 404 g/mol. The van der Waals surface area contributed by atoms with Crippen LogP contribution in [0.2, 0.25) is 5.02 Å². The second-order valence-electron chi connectivity index (χ2n) is 6.39. The van der Waals surface area contributed by atoms with E-state index >= 15 is 0 Å². The lowest BCUT2D eigenvalue weighted by molar-refractivity contribution is 0.0237. The number of amides is 1. The van der Waals surface area contributed by atoms with Crippen LogP contribution in [0.5, 0.6) is 5.88 Å². The molecule has 3 heterocycles. The normalized spacial score (nSPS) is 20.2. The van der Waals surface area contributed by atoms with Gasteiger partial charge in [0.1, 0.15) is 11.1 Å². The first kappa shape index (κ1) is 19.3. The molecule has 144 valence electrons. The molecule has 8 nitrogen and oxygen atoms in total. The van der Waals surface area contributed by atoms with Gasteiger partial charge in [-0.1, -0.05) is 11.6 Å². The number of piperazine rings is 1. The molecule has 2 aliphatic rings. The third-order valence-corrected chi connectivity index (χ3v) is 6.07. The van der Waals surface area contributed by atoms with Gasteiger partial charge in [0.05, 0.1) is 25.0 Å². The molecule has 2 aliphatic heterocycles. The highest BCUT2D eigenvalue weighted by Gasteiger charge is 2.27. The molecule has 0 aromatic carbocycles. The van der Waals surface area contributed by atoms with Gasteiger partial charge in [0.2, 0.25) is 15.9 Å². The van der Waals surface area contributed by atoms with Crippen molar-refractivity contribution < 1.29 is 22.7 Å². The number of hydrogen-bond donors (Lipinski definition) is 0. The van der Waals surface area contributed by atoms with Crippen LogP contribution >= 0.6 is 11.6 Å². The zero-order valence-corrected chi connectivity index (χ0v) is 16.1. The highest BCUT2D eigenvalue weighted by molar-refractivity contribution is 7.88. The summed E-state index contributed by atoms with van der Waals surface area (Å²) in [7, 11) is -3.23. The van der Waals surface area contributed by atoms with Crippen molar-refractivity contribution in [1.29, 1.82) is 0 Å². The fraction of sp³-hybridized carbons (Fsp3) is 0.625. The number of ether oxygens (including phenoxy) is 2. The van der Waals surface area contributed by atoms with Crippen LogP contribution in [0.4, 0.5) is 0 Å². The molecule has 2 saturated heterocycles. The number of rotatable bonds is 4. The first-order chi connectivity index (χ1) is 12.3. The van der Waals surface area contributed by atoms with E-state index in [2.05, 4.69) is 4.98 Å². The topological polar surface area (TPSA) is 89.0 Å². The quantitative estimate of drug-likeness (QED) is 0.745. The second-order valence-corrected chi connectivity index (χ2v) is 8.78. The standard InChI is InChI=1S/C16H22ClN3O5S/c1-26(22,23)20-6-4-19(5-7-20)16(21)12-10-14(17)15(18-11-12)25-13-2-8-24-9-3-13/h10-11,13H,2-9H2,1H3. The minimum absolute atomic E-state index is 0.0133. The van der Waals surface area contributed by atoms with Gasteiger partial charge >= 0.3 is 0 Å². The molecule has 0 atom stereocenters. The molecule has 1 aromatic rings. The molecule has 0 spiro atoms. The summed E-state index contributed by atoms with van der Waals surface area (Å²) in [4.78, 5) is 18.4. The smallest absolute Gasteiger partial charge is 0.255 e. The summed E-state index contributed by atoms with van der Waals surface area (Å²) >= 11 is 6.24. The summed E-state index contributed by atoms with van der Waals surface area (Å²) in [5, 5.41) is 0.289. The highest BCUT2D eigenvalue weighted by atomic mass is 35.5. The number of sulfonamides is 1. The molecule has 0 N–H and O–H groups in total. The van der Waals surface area contributed by atoms with Gasteiger partial charge in [0, 0.05) is 45.2 Å². The van der Waals surface area contributed by atoms with Crippen molar-refractivity contribution in [3.8, 4) is 5.88 Å². The maximum Gasteiger partial charge on any atom is 0.255 e. The molecule has 0 aliphatic carbocycles. The molecule has 2 fully saturated rings. The van der Waals surface area contributed by atoms with E-state index in [0.29, 0.717) is 37.7 Å². The van der Waals surface area contributed by atoms with Crippen molar-refractivity contribution in [2.45, 2.75) is 18.9 Å². The number of carbonyl (C=O) groups is 1. The predicted octanol–water partition coefficient (Wildman–Crippen LogP) is 1.01. The average Bonchev–Trinajstić information content (AvgIpc) is 2.63. The van der Waals surface area contributed by atoms with Crippen LogP contribution in [0.15, 0.2) is 12.3 Å². The number of pyridine rings is 1. The van der Waals surface area contributed by atoms with Crippen molar-refractivity contribution >= 4 is 27.5 Å². The van der Waals surface area contributed by atoms with Gasteiger partial charge in [0.15, 0.2) is 0 Å². The zero-order chi connectivity index (χ0) is 18.7. The molecular weight excluding hydrogens is 382 g/mol. The van der Waals surface area contributed by atoms with E-state index in [4.69, 9.17) is 21.1 Å². The van der Waals surface area contributed by atoms with Crippen LogP contribution in [0.25, 0.3) is 0 Å².